The van der Waals surface area contributed by atoms with Crippen molar-refractivity contribution in [3.63, 3.8) is 0 Å². The van der Waals surface area contributed by atoms with E-state index in [2.05, 4.69) is 18.7 Å². The normalized spacial score (nSPS) is 22.3. The Morgan fingerprint density at radius 3 is 1.87 bits per heavy atom. The van der Waals surface area contributed by atoms with Gasteiger partial charge in [-0.3, -0.25) is 9.69 Å². The second kappa shape index (κ2) is 3.21. The van der Waals surface area contributed by atoms with Crippen LogP contribution >= 0.6 is 0 Å². The van der Waals surface area contributed by atoms with Gasteiger partial charge in [-0.15, -0.1) is 0 Å². The van der Waals surface area contributed by atoms with Crippen LogP contribution in [-0.4, -0.2) is 34.6 Å². The maximum atomic E-state index is 11.2. The zero-order chi connectivity index (χ0) is 12.1. The van der Waals surface area contributed by atoms with E-state index in [0.29, 0.717) is 5.41 Å². The van der Waals surface area contributed by atoms with Crippen LogP contribution in [0.3, 0.4) is 0 Å². The molecule has 0 radical (unpaired) electrons. The Morgan fingerprint density at radius 2 is 1.60 bits per heavy atom. The van der Waals surface area contributed by atoms with Crippen molar-refractivity contribution in [2.24, 2.45) is 10.8 Å². The Balaban J connectivity index is 2.81. The first-order valence-corrected chi connectivity index (χ1v) is 5.49. The third-order valence-electron chi connectivity index (χ3n) is 4.09. The number of carboxylic acid groups (broad SMARTS) is 1. The van der Waals surface area contributed by atoms with Gasteiger partial charge >= 0.3 is 5.97 Å². The van der Waals surface area contributed by atoms with E-state index >= 15 is 0 Å². The SMILES string of the molecule is CC1(C)CN(C(C)(C)C(C)(C)C(=O)O)C1. The molecule has 0 bridgehead atoms. The lowest BCUT2D eigenvalue weighted by Gasteiger charge is -2.57. The first-order valence-electron chi connectivity index (χ1n) is 5.49. The fourth-order valence-electron chi connectivity index (χ4n) is 2.04. The summed E-state index contributed by atoms with van der Waals surface area (Å²) in [5, 5.41) is 9.25. The number of hydrogen-bond donors (Lipinski definition) is 1. The summed E-state index contributed by atoms with van der Waals surface area (Å²) in [5.41, 5.74) is -0.677. The summed E-state index contributed by atoms with van der Waals surface area (Å²) in [6, 6.07) is 0. The first kappa shape index (κ1) is 12.5. The standard InChI is InChI=1S/C12H23NO2/c1-10(2)7-13(8-10)12(5,6)11(3,4)9(14)15/h7-8H2,1-6H3,(H,14,15). The second-order valence-corrected chi connectivity index (χ2v) is 6.51. The van der Waals surface area contributed by atoms with Crippen LogP contribution in [0, 0.1) is 10.8 Å². The number of hydrogen-bond acceptors (Lipinski definition) is 2. The maximum absolute atomic E-state index is 11.2. The molecule has 1 heterocycles. The molecule has 1 fully saturated rings. The van der Waals surface area contributed by atoms with Gasteiger partial charge in [0.05, 0.1) is 5.41 Å². The zero-order valence-electron chi connectivity index (χ0n) is 10.7. The molecular weight excluding hydrogens is 190 g/mol. The lowest BCUT2D eigenvalue weighted by molar-refractivity contribution is -0.164. The van der Waals surface area contributed by atoms with Gasteiger partial charge in [-0.1, -0.05) is 13.8 Å². The number of likely N-dealkylation sites (tertiary alicyclic amines) is 1. The van der Waals surface area contributed by atoms with Crippen LogP contribution in [0.2, 0.25) is 0 Å². The third-order valence-corrected chi connectivity index (χ3v) is 4.09. The van der Waals surface area contributed by atoms with Crippen molar-refractivity contribution in [3.8, 4) is 0 Å². The van der Waals surface area contributed by atoms with Gasteiger partial charge in [0, 0.05) is 18.6 Å². The van der Waals surface area contributed by atoms with Crippen LogP contribution in [0.5, 0.6) is 0 Å². The third kappa shape index (κ3) is 1.89. The predicted molar refractivity (Wildman–Crippen MR) is 60.8 cm³/mol. The molecule has 0 aromatic carbocycles. The molecule has 1 rings (SSSR count). The van der Waals surface area contributed by atoms with Gasteiger partial charge in [-0.05, 0) is 33.1 Å². The van der Waals surface area contributed by atoms with Gasteiger partial charge < -0.3 is 5.11 Å². The summed E-state index contributed by atoms with van der Waals surface area (Å²) in [4.78, 5) is 13.5. The van der Waals surface area contributed by atoms with Gasteiger partial charge in [0.15, 0.2) is 0 Å². The Kier molecular flexibility index (Phi) is 2.67. The average Bonchev–Trinajstić information content (AvgIpc) is 1.99. The Morgan fingerprint density at radius 1 is 1.20 bits per heavy atom. The Labute approximate surface area is 92.5 Å². The molecule has 3 heteroatoms. The van der Waals surface area contributed by atoms with Crippen molar-refractivity contribution in [3.05, 3.63) is 0 Å². The van der Waals surface area contributed by atoms with Crippen LogP contribution in [0.4, 0.5) is 0 Å². The minimum Gasteiger partial charge on any atom is -0.481 e. The van der Waals surface area contributed by atoms with Crippen molar-refractivity contribution in [2.75, 3.05) is 13.1 Å². The highest BCUT2D eigenvalue weighted by Gasteiger charge is 2.52. The van der Waals surface area contributed by atoms with Crippen molar-refractivity contribution < 1.29 is 9.90 Å². The first-order chi connectivity index (χ1) is 6.51. The topological polar surface area (TPSA) is 40.5 Å². The molecule has 0 atom stereocenters. The fraction of sp³-hybridized carbons (Fsp3) is 0.917. The summed E-state index contributed by atoms with van der Waals surface area (Å²) in [5.74, 6) is -0.725. The molecule has 0 aromatic heterocycles. The molecule has 0 amide bonds. The van der Waals surface area contributed by atoms with Gasteiger partial charge in [-0.2, -0.15) is 0 Å². The Hall–Kier alpha value is -0.570. The molecule has 15 heavy (non-hydrogen) atoms. The van der Waals surface area contributed by atoms with E-state index in [-0.39, 0.29) is 5.54 Å². The van der Waals surface area contributed by atoms with Gasteiger partial charge in [0.25, 0.3) is 0 Å². The molecule has 0 unspecified atom stereocenters. The van der Waals surface area contributed by atoms with Gasteiger partial charge in [0.2, 0.25) is 0 Å². The van der Waals surface area contributed by atoms with Crippen LogP contribution in [0.1, 0.15) is 41.5 Å². The van der Waals surface area contributed by atoms with Gasteiger partial charge in [0.1, 0.15) is 0 Å². The predicted octanol–water partition coefficient (Wildman–Crippen LogP) is 2.22. The quantitative estimate of drug-likeness (QED) is 0.781. The van der Waals surface area contributed by atoms with Crippen molar-refractivity contribution in [2.45, 2.75) is 47.1 Å². The molecule has 1 saturated heterocycles. The minimum absolute atomic E-state index is 0.297. The van der Waals surface area contributed by atoms with Crippen molar-refractivity contribution in [1.82, 2.24) is 4.90 Å². The second-order valence-electron chi connectivity index (χ2n) is 6.51. The molecular formula is C12H23NO2. The highest BCUT2D eigenvalue weighted by atomic mass is 16.4. The van der Waals surface area contributed by atoms with Crippen LogP contribution in [0.15, 0.2) is 0 Å². The summed E-state index contributed by atoms with van der Waals surface area (Å²) in [7, 11) is 0. The van der Waals surface area contributed by atoms with Crippen LogP contribution in [0.25, 0.3) is 0 Å². The summed E-state index contributed by atoms with van der Waals surface area (Å²) in [6.07, 6.45) is 0. The van der Waals surface area contributed by atoms with Crippen molar-refractivity contribution >= 4 is 5.97 Å². The van der Waals surface area contributed by atoms with E-state index in [9.17, 15) is 9.90 Å². The van der Waals surface area contributed by atoms with E-state index < -0.39 is 11.4 Å². The van der Waals surface area contributed by atoms with Crippen LogP contribution in [-0.2, 0) is 4.79 Å². The average molecular weight is 213 g/mol. The number of rotatable bonds is 3. The molecule has 3 nitrogen and oxygen atoms in total. The van der Waals surface area contributed by atoms with E-state index in [0.717, 1.165) is 13.1 Å². The van der Waals surface area contributed by atoms with E-state index in [4.69, 9.17) is 0 Å². The van der Waals surface area contributed by atoms with E-state index in [1.807, 2.05) is 13.8 Å². The number of carboxylic acids is 1. The molecule has 0 saturated carbocycles. The smallest absolute Gasteiger partial charge is 0.310 e. The Bertz CT molecular complexity index is 271. The molecule has 0 spiro atoms. The molecule has 0 aromatic rings. The van der Waals surface area contributed by atoms with E-state index in [1.54, 1.807) is 13.8 Å². The highest BCUT2D eigenvalue weighted by molar-refractivity contribution is 5.75. The maximum Gasteiger partial charge on any atom is 0.310 e. The number of carbonyl (C=O) groups is 1. The monoisotopic (exact) mass is 213 g/mol. The molecule has 0 aliphatic carbocycles. The van der Waals surface area contributed by atoms with Crippen molar-refractivity contribution in [1.29, 1.82) is 0 Å². The van der Waals surface area contributed by atoms with Crippen LogP contribution < -0.4 is 0 Å². The lowest BCUT2D eigenvalue weighted by atomic mass is 9.69. The summed E-state index contributed by atoms with van der Waals surface area (Å²) < 4.78 is 0. The number of aliphatic carboxylic acids is 1. The number of nitrogens with zero attached hydrogens (tertiary/aromatic N) is 1. The largest absolute Gasteiger partial charge is 0.481 e. The molecule has 1 aliphatic heterocycles. The van der Waals surface area contributed by atoms with E-state index in [1.165, 1.54) is 0 Å². The lowest BCUT2D eigenvalue weighted by Crippen LogP contribution is -2.67. The summed E-state index contributed by atoms with van der Waals surface area (Å²) >= 11 is 0. The fourth-order valence-corrected chi connectivity index (χ4v) is 2.04. The zero-order valence-corrected chi connectivity index (χ0v) is 10.7. The molecule has 88 valence electrons. The molecule has 1 aliphatic rings. The highest BCUT2D eigenvalue weighted by Crippen LogP contribution is 2.43. The van der Waals surface area contributed by atoms with Gasteiger partial charge in [-0.25, -0.2) is 0 Å². The molecule has 1 N–H and O–H groups in total. The minimum atomic E-state index is -0.725. The summed E-state index contributed by atoms with van der Waals surface area (Å²) in [6.45, 7) is 14.1.